The predicted octanol–water partition coefficient (Wildman–Crippen LogP) is 2.80. The summed E-state index contributed by atoms with van der Waals surface area (Å²) in [5.41, 5.74) is 0.894. The molecule has 0 aromatic carbocycles. The summed E-state index contributed by atoms with van der Waals surface area (Å²) in [7, 11) is 0. The van der Waals surface area contributed by atoms with Gasteiger partial charge in [0, 0.05) is 24.8 Å². The van der Waals surface area contributed by atoms with E-state index in [0.717, 1.165) is 0 Å². The first-order valence-electron chi connectivity index (χ1n) is 7.94. The van der Waals surface area contributed by atoms with Gasteiger partial charge in [0.2, 0.25) is 0 Å². The fourth-order valence-corrected chi connectivity index (χ4v) is 2.67. The van der Waals surface area contributed by atoms with Crippen molar-refractivity contribution in [1.82, 2.24) is 9.97 Å². The minimum absolute atomic E-state index is 0.147. The number of carbonyl (C=O) groups excluding carboxylic acids is 2. The lowest BCUT2D eigenvalue weighted by Gasteiger charge is -2.28. The molecular weight excluding hydrogens is 308 g/mol. The van der Waals surface area contributed by atoms with E-state index < -0.39 is 0 Å². The number of rotatable bonds is 4. The minimum Gasteiger partial charge on any atom is -0.459 e. The van der Waals surface area contributed by atoms with Crippen molar-refractivity contribution in [1.29, 1.82) is 0 Å². The first kappa shape index (κ1) is 16.1. The molecule has 0 N–H and O–H groups in total. The van der Waals surface area contributed by atoms with Gasteiger partial charge in [-0.2, -0.15) is 0 Å². The van der Waals surface area contributed by atoms with Crippen LogP contribution in [0.15, 0.2) is 49.1 Å². The summed E-state index contributed by atoms with van der Waals surface area (Å²) in [6.07, 6.45) is 8.61. The highest BCUT2D eigenvalue weighted by atomic mass is 16.6. The average Bonchev–Trinajstić information content (AvgIpc) is 2.65. The minimum atomic E-state index is -0.362. The molecule has 0 radical (unpaired) electrons. The van der Waals surface area contributed by atoms with Gasteiger partial charge in [0.1, 0.15) is 12.2 Å². The molecule has 124 valence electrons. The van der Waals surface area contributed by atoms with E-state index in [1.807, 2.05) is 0 Å². The Balaban J connectivity index is 1.46. The Bertz CT molecular complexity index is 621. The Kier molecular flexibility index (Phi) is 5.15. The number of nitrogens with zero attached hydrogens (tertiary/aromatic N) is 2. The van der Waals surface area contributed by atoms with E-state index in [0.29, 0.717) is 36.8 Å². The summed E-state index contributed by atoms with van der Waals surface area (Å²) in [5, 5.41) is 0. The number of hydrogen-bond donors (Lipinski definition) is 0. The third kappa shape index (κ3) is 4.16. The largest absolute Gasteiger partial charge is 0.459 e. The monoisotopic (exact) mass is 326 g/mol. The highest BCUT2D eigenvalue weighted by Crippen LogP contribution is 2.25. The second-order valence-electron chi connectivity index (χ2n) is 5.69. The molecule has 0 atom stereocenters. The lowest BCUT2D eigenvalue weighted by molar-refractivity contribution is -0.0108. The molecule has 1 aliphatic carbocycles. The highest BCUT2D eigenvalue weighted by Gasteiger charge is 2.27. The summed E-state index contributed by atoms with van der Waals surface area (Å²) in [5.74, 6) is -0.724. The van der Waals surface area contributed by atoms with Crippen LogP contribution in [0, 0.1) is 0 Å². The first-order valence-corrected chi connectivity index (χ1v) is 7.94. The third-order valence-electron chi connectivity index (χ3n) is 3.96. The van der Waals surface area contributed by atoms with Gasteiger partial charge < -0.3 is 9.47 Å². The molecule has 6 heteroatoms. The van der Waals surface area contributed by atoms with Gasteiger partial charge in [0.25, 0.3) is 0 Å². The Morgan fingerprint density at radius 3 is 1.54 bits per heavy atom. The molecule has 0 bridgehead atoms. The van der Waals surface area contributed by atoms with Crippen LogP contribution in [0.5, 0.6) is 0 Å². The molecule has 0 spiro atoms. The molecular formula is C18H18N2O4. The Labute approximate surface area is 139 Å². The van der Waals surface area contributed by atoms with Gasteiger partial charge in [-0.25, -0.2) is 9.59 Å². The number of ether oxygens (including phenoxy) is 2. The summed E-state index contributed by atoms with van der Waals surface area (Å²) in [4.78, 5) is 31.8. The molecule has 0 saturated heterocycles. The van der Waals surface area contributed by atoms with Crippen molar-refractivity contribution in [3.05, 3.63) is 60.2 Å². The van der Waals surface area contributed by atoms with Crippen molar-refractivity contribution in [2.45, 2.75) is 37.9 Å². The molecule has 3 rings (SSSR count). The molecule has 2 aromatic heterocycles. The van der Waals surface area contributed by atoms with Crippen LogP contribution in [0.1, 0.15) is 46.4 Å². The van der Waals surface area contributed by atoms with Crippen molar-refractivity contribution in [2.75, 3.05) is 0 Å². The lowest BCUT2D eigenvalue weighted by atomic mass is 9.95. The fourth-order valence-electron chi connectivity index (χ4n) is 2.67. The average molecular weight is 326 g/mol. The molecule has 0 unspecified atom stereocenters. The lowest BCUT2D eigenvalue weighted by Crippen LogP contribution is -2.29. The van der Waals surface area contributed by atoms with E-state index in [-0.39, 0.29) is 24.1 Å². The van der Waals surface area contributed by atoms with Crippen LogP contribution >= 0.6 is 0 Å². The van der Waals surface area contributed by atoms with Crippen molar-refractivity contribution in [3.8, 4) is 0 Å². The van der Waals surface area contributed by atoms with E-state index >= 15 is 0 Å². The fraction of sp³-hybridized carbons (Fsp3) is 0.333. The normalized spacial score (nSPS) is 20.2. The number of pyridine rings is 2. The summed E-state index contributed by atoms with van der Waals surface area (Å²) in [6.45, 7) is 0. The van der Waals surface area contributed by atoms with Crippen LogP contribution in [0.25, 0.3) is 0 Å². The number of carbonyl (C=O) groups is 2. The van der Waals surface area contributed by atoms with Gasteiger partial charge >= 0.3 is 11.9 Å². The van der Waals surface area contributed by atoms with Crippen LogP contribution in [-0.2, 0) is 9.47 Å². The highest BCUT2D eigenvalue weighted by molar-refractivity contribution is 5.89. The van der Waals surface area contributed by atoms with Crippen LogP contribution in [0.2, 0.25) is 0 Å². The topological polar surface area (TPSA) is 78.4 Å². The zero-order chi connectivity index (χ0) is 16.8. The standard InChI is InChI=1S/C18H18N2O4/c21-17(13-3-1-9-19-11-13)23-15-5-7-16(8-6-15)24-18(22)14-4-2-10-20-12-14/h1-4,9-12,15-16H,5-8H2. The Hall–Kier alpha value is -2.76. The molecule has 0 aliphatic heterocycles. The van der Waals surface area contributed by atoms with Gasteiger partial charge in [0.15, 0.2) is 0 Å². The third-order valence-corrected chi connectivity index (χ3v) is 3.96. The molecule has 1 aliphatic rings. The first-order chi connectivity index (χ1) is 11.7. The van der Waals surface area contributed by atoms with Crippen molar-refractivity contribution in [2.24, 2.45) is 0 Å². The summed E-state index contributed by atoms with van der Waals surface area (Å²) < 4.78 is 11.0. The maximum absolute atomic E-state index is 12.0. The molecule has 2 aromatic rings. The summed E-state index contributed by atoms with van der Waals surface area (Å²) in [6, 6.07) is 6.75. The van der Waals surface area contributed by atoms with E-state index in [1.54, 1.807) is 36.7 Å². The van der Waals surface area contributed by atoms with Gasteiger partial charge in [-0.15, -0.1) is 0 Å². The second kappa shape index (κ2) is 7.68. The number of esters is 2. The Morgan fingerprint density at radius 1 is 0.792 bits per heavy atom. The van der Waals surface area contributed by atoms with E-state index in [2.05, 4.69) is 9.97 Å². The van der Waals surface area contributed by atoms with Crippen molar-refractivity contribution >= 4 is 11.9 Å². The van der Waals surface area contributed by atoms with Gasteiger partial charge in [0.05, 0.1) is 11.1 Å². The second-order valence-corrected chi connectivity index (χ2v) is 5.69. The maximum atomic E-state index is 12.0. The molecule has 24 heavy (non-hydrogen) atoms. The van der Waals surface area contributed by atoms with E-state index in [4.69, 9.17) is 9.47 Å². The smallest absolute Gasteiger partial charge is 0.339 e. The SMILES string of the molecule is O=C(OC1CCC(OC(=O)c2cccnc2)CC1)c1cccnc1. The van der Waals surface area contributed by atoms with Crippen molar-refractivity contribution < 1.29 is 19.1 Å². The number of aromatic nitrogens is 2. The molecule has 2 heterocycles. The van der Waals surface area contributed by atoms with Crippen LogP contribution in [0.3, 0.4) is 0 Å². The molecule has 6 nitrogen and oxygen atoms in total. The van der Waals surface area contributed by atoms with E-state index in [1.165, 1.54) is 12.4 Å². The van der Waals surface area contributed by atoms with Crippen molar-refractivity contribution in [3.63, 3.8) is 0 Å². The van der Waals surface area contributed by atoms with Gasteiger partial charge in [-0.3, -0.25) is 9.97 Å². The zero-order valence-corrected chi connectivity index (χ0v) is 13.1. The van der Waals surface area contributed by atoms with Crippen LogP contribution in [0.4, 0.5) is 0 Å². The molecule has 0 amide bonds. The number of hydrogen-bond acceptors (Lipinski definition) is 6. The van der Waals surface area contributed by atoms with Gasteiger partial charge in [-0.05, 0) is 49.9 Å². The van der Waals surface area contributed by atoms with Crippen LogP contribution in [-0.4, -0.2) is 34.1 Å². The van der Waals surface area contributed by atoms with Crippen LogP contribution < -0.4 is 0 Å². The Morgan fingerprint density at radius 2 is 1.21 bits per heavy atom. The van der Waals surface area contributed by atoms with Gasteiger partial charge in [-0.1, -0.05) is 0 Å². The van der Waals surface area contributed by atoms with E-state index in [9.17, 15) is 9.59 Å². The summed E-state index contributed by atoms with van der Waals surface area (Å²) >= 11 is 0. The predicted molar refractivity (Wildman–Crippen MR) is 85.3 cm³/mol. The maximum Gasteiger partial charge on any atom is 0.339 e. The zero-order valence-electron chi connectivity index (χ0n) is 13.1. The molecule has 1 fully saturated rings. The molecule has 1 saturated carbocycles. The quantitative estimate of drug-likeness (QED) is 0.804.